The fourth-order valence-corrected chi connectivity index (χ4v) is 0.878. The smallest absolute Gasteiger partial charge is 0.408 e. The van der Waals surface area contributed by atoms with Gasteiger partial charge < -0.3 is 19.6 Å². The number of ether oxygens (including phenoxy) is 2. The van der Waals surface area contributed by atoms with Crippen molar-refractivity contribution < 1.29 is 19.1 Å². The van der Waals surface area contributed by atoms with Crippen LogP contribution in [0.2, 0.25) is 0 Å². The van der Waals surface area contributed by atoms with Gasteiger partial charge in [-0.25, -0.2) is 4.79 Å². The number of methoxy groups -OCH3 is 1. The van der Waals surface area contributed by atoms with Crippen molar-refractivity contribution >= 4 is 12.4 Å². The van der Waals surface area contributed by atoms with E-state index in [4.69, 9.17) is 9.47 Å². The standard InChI is InChI=1S/C10H19NO4/c1-10(2,3)15-9(13)11-8(7-12)5-6-14-4/h7-8H,5-6H2,1-4H3,(H,11,13)/t8-/m1/s1. The number of hydrogen-bond donors (Lipinski definition) is 1. The Balaban J connectivity index is 3.96. The summed E-state index contributed by atoms with van der Waals surface area (Å²) < 4.78 is 9.81. The van der Waals surface area contributed by atoms with Crippen molar-refractivity contribution in [2.75, 3.05) is 13.7 Å². The Labute approximate surface area is 90.1 Å². The van der Waals surface area contributed by atoms with Crippen molar-refractivity contribution in [3.8, 4) is 0 Å². The zero-order valence-corrected chi connectivity index (χ0v) is 9.70. The van der Waals surface area contributed by atoms with Crippen LogP contribution in [0.15, 0.2) is 0 Å². The number of rotatable bonds is 5. The molecule has 0 aromatic rings. The molecule has 1 N–H and O–H groups in total. The maximum absolute atomic E-state index is 11.3. The second-order valence-electron chi connectivity index (χ2n) is 4.17. The van der Waals surface area contributed by atoms with E-state index in [1.165, 1.54) is 7.11 Å². The van der Waals surface area contributed by atoms with Gasteiger partial charge in [0, 0.05) is 13.7 Å². The number of hydrogen-bond acceptors (Lipinski definition) is 4. The first-order valence-electron chi connectivity index (χ1n) is 4.83. The van der Waals surface area contributed by atoms with Crippen LogP contribution in [0.3, 0.4) is 0 Å². The Morgan fingerprint density at radius 2 is 2.07 bits per heavy atom. The molecule has 0 aromatic carbocycles. The highest BCUT2D eigenvalue weighted by atomic mass is 16.6. The van der Waals surface area contributed by atoms with Crippen molar-refractivity contribution in [2.24, 2.45) is 0 Å². The SMILES string of the molecule is COCC[C@H](C=O)NC(=O)OC(C)(C)C. The molecule has 0 saturated heterocycles. The van der Waals surface area contributed by atoms with E-state index in [0.717, 1.165) is 0 Å². The Hall–Kier alpha value is -1.10. The summed E-state index contributed by atoms with van der Waals surface area (Å²) in [5, 5.41) is 2.45. The number of carbonyl (C=O) groups is 2. The molecule has 0 heterocycles. The normalized spacial score (nSPS) is 13.1. The van der Waals surface area contributed by atoms with E-state index in [-0.39, 0.29) is 0 Å². The lowest BCUT2D eigenvalue weighted by Gasteiger charge is -2.21. The monoisotopic (exact) mass is 217 g/mol. The first-order valence-corrected chi connectivity index (χ1v) is 4.83. The van der Waals surface area contributed by atoms with Crippen LogP contribution in [0, 0.1) is 0 Å². The van der Waals surface area contributed by atoms with Gasteiger partial charge in [0.05, 0.1) is 6.04 Å². The lowest BCUT2D eigenvalue weighted by molar-refractivity contribution is -0.110. The van der Waals surface area contributed by atoms with Gasteiger partial charge in [-0.15, -0.1) is 0 Å². The molecule has 0 aromatic heterocycles. The van der Waals surface area contributed by atoms with Crippen LogP contribution in [-0.4, -0.2) is 37.7 Å². The molecule has 1 atom stereocenters. The third kappa shape index (κ3) is 7.93. The predicted molar refractivity (Wildman–Crippen MR) is 55.7 cm³/mol. The topological polar surface area (TPSA) is 64.6 Å². The molecule has 5 heteroatoms. The molecule has 0 radical (unpaired) electrons. The van der Waals surface area contributed by atoms with Crippen LogP contribution in [0.1, 0.15) is 27.2 Å². The summed E-state index contributed by atoms with van der Waals surface area (Å²) in [5.41, 5.74) is -0.557. The summed E-state index contributed by atoms with van der Waals surface area (Å²) in [5.74, 6) is 0. The summed E-state index contributed by atoms with van der Waals surface area (Å²) in [4.78, 5) is 21.8. The van der Waals surface area contributed by atoms with E-state index in [2.05, 4.69) is 5.32 Å². The number of aldehydes is 1. The van der Waals surface area contributed by atoms with Gasteiger partial charge in [-0.05, 0) is 27.2 Å². The van der Waals surface area contributed by atoms with Crippen LogP contribution in [0.25, 0.3) is 0 Å². The van der Waals surface area contributed by atoms with E-state index >= 15 is 0 Å². The van der Waals surface area contributed by atoms with E-state index in [9.17, 15) is 9.59 Å². The maximum Gasteiger partial charge on any atom is 0.408 e. The third-order valence-corrected chi connectivity index (χ3v) is 1.50. The molecule has 88 valence electrons. The molecular formula is C10H19NO4. The lowest BCUT2D eigenvalue weighted by Crippen LogP contribution is -2.40. The highest BCUT2D eigenvalue weighted by molar-refractivity contribution is 5.73. The molecule has 0 fully saturated rings. The minimum absolute atomic E-state index is 0.416. The minimum atomic E-state index is -0.587. The summed E-state index contributed by atoms with van der Waals surface area (Å²) in [7, 11) is 1.54. The molecule has 0 rings (SSSR count). The molecular weight excluding hydrogens is 198 g/mol. The molecule has 0 bridgehead atoms. The van der Waals surface area contributed by atoms with Crippen molar-refractivity contribution in [1.82, 2.24) is 5.32 Å². The van der Waals surface area contributed by atoms with E-state index < -0.39 is 17.7 Å². The second kappa shape index (κ2) is 6.40. The fourth-order valence-electron chi connectivity index (χ4n) is 0.878. The Kier molecular flexibility index (Phi) is 5.93. The van der Waals surface area contributed by atoms with Crippen LogP contribution in [0.4, 0.5) is 4.79 Å². The molecule has 0 aliphatic rings. The quantitative estimate of drug-likeness (QED) is 0.701. The van der Waals surface area contributed by atoms with Gasteiger partial charge in [0.25, 0.3) is 0 Å². The molecule has 0 aliphatic carbocycles. The summed E-state index contributed by atoms with van der Waals surface area (Å²) in [6.07, 6.45) is 0.526. The zero-order valence-electron chi connectivity index (χ0n) is 9.70. The average molecular weight is 217 g/mol. The number of alkyl carbamates (subject to hydrolysis) is 1. The maximum atomic E-state index is 11.3. The van der Waals surface area contributed by atoms with E-state index in [1.54, 1.807) is 20.8 Å². The molecule has 1 amide bonds. The second-order valence-corrected chi connectivity index (χ2v) is 4.17. The first-order chi connectivity index (χ1) is 6.89. The fraction of sp³-hybridized carbons (Fsp3) is 0.800. The van der Waals surface area contributed by atoms with Crippen molar-refractivity contribution in [2.45, 2.75) is 38.8 Å². The van der Waals surface area contributed by atoms with Crippen LogP contribution >= 0.6 is 0 Å². The van der Waals surface area contributed by atoms with Crippen molar-refractivity contribution in [3.63, 3.8) is 0 Å². The molecule has 0 unspecified atom stereocenters. The van der Waals surface area contributed by atoms with Crippen LogP contribution < -0.4 is 5.32 Å². The average Bonchev–Trinajstić information content (AvgIpc) is 2.09. The van der Waals surface area contributed by atoms with Gasteiger partial charge in [-0.2, -0.15) is 0 Å². The molecule has 0 saturated carbocycles. The summed E-state index contributed by atoms with van der Waals surface area (Å²) >= 11 is 0. The first kappa shape index (κ1) is 13.9. The molecule has 15 heavy (non-hydrogen) atoms. The molecule has 0 spiro atoms. The van der Waals surface area contributed by atoms with E-state index in [1.807, 2.05) is 0 Å². The number of nitrogens with one attached hydrogen (secondary N) is 1. The summed E-state index contributed by atoms with van der Waals surface area (Å²) in [6, 6.07) is -0.556. The van der Waals surface area contributed by atoms with Gasteiger partial charge in [-0.3, -0.25) is 0 Å². The lowest BCUT2D eigenvalue weighted by atomic mass is 10.2. The van der Waals surface area contributed by atoms with Gasteiger partial charge in [0.2, 0.25) is 0 Å². The van der Waals surface area contributed by atoms with Gasteiger partial charge >= 0.3 is 6.09 Å². The highest BCUT2D eigenvalue weighted by Crippen LogP contribution is 2.06. The summed E-state index contributed by atoms with van der Waals surface area (Å²) in [6.45, 7) is 5.70. The number of carbonyl (C=O) groups excluding carboxylic acids is 2. The van der Waals surface area contributed by atoms with E-state index in [0.29, 0.717) is 19.3 Å². The van der Waals surface area contributed by atoms with Crippen molar-refractivity contribution in [1.29, 1.82) is 0 Å². The molecule has 5 nitrogen and oxygen atoms in total. The van der Waals surface area contributed by atoms with Gasteiger partial charge in [-0.1, -0.05) is 0 Å². The Bertz CT molecular complexity index is 210. The van der Waals surface area contributed by atoms with Gasteiger partial charge in [0.1, 0.15) is 11.9 Å². The minimum Gasteiger partial charge on any atom is -0.444 e. The Morgan fingerprint density at radius 3 is 2.47 bits per heavy atom. The highest BCUT2D eigenvalue weighted by Gasteiger charge is 2.18. The molecule has 0 aliphatic heterocycles. The van der Waals surface area contributed by atoms with Crippen LogP contribution in [0.5, 0.6) is 0 Å². The Morgan fingerprint density at radius 1 is 1.47 bits per heavy atom. The van der Waals surface area contributed by atoms with Crippen LogP contribution in [-0.2, 0) is 14.3 Å². The predicted octanol–water partition coefficient (Wildman–Crippen LogP) is 1.12. The van der Waals surface area contributed by atoms with Gasteiger partial charge in [0.15, 0.2) is 0 Å². The largest absolute Gasteiger partial charge is 0.444 e. The third-order valence-electron chi connectivity index (χ3n) is 1.50. The zero-order chi connectivity index (χ0) is 11.9. The van der Waals surface area contributed by atoms with Crippen molar-refractivity contribution in [3.05, 3.63) is 0 Å². The number of amides is 1.